The number of benzene rings is 1. The summed E-state index contributed by atoms with van der Waals surface area (Å²) in [5, 5.41) is 3.24. The zero-order chi connectivity index (χ0) is 25.0. The molecule has 3 heterocycles. The van der Waals surface area contributed by atoms with Crippen LogP contribution in [0.1, 0.15) is 68.6 Å². The number of anilines is 1. The molecule has 3 saturated heterocycles. The quantitative estimate of drug-likeness (QED) is 0.597. The van der Waals surface area contributed by atoms with Crippen LogP contribution in [0.15, 0.2) is 24.3 Å². The minimum absolute atomic E-state index is 0.00489. The Balaban J connectivity index is 1.13. The first kappa shape index (κ1) is 25.5. The molecule has 0 radical (unpaired) electrons. The Morgan fingerprint density at radius 1 is 1.06 bits per heavy atom. The predicted molar refractivity (Wildman–Crippen MR) is 142 cm³/mol. The lowest BCUT2D eigenvalue weighted by molar-refractivity contribution is -0.134. The van der Waals surface area contributed by atoms with Gasteiger partial charge < -0.3 is 19.9 Å². The van der Waals surface area contributed by atoms with Gasteiger partial charge in [0.15, 0.2) is 0 Å². The van der Waals surface area contributed by atoms with Gasteiger partial charge in [0.25, 0.3) is 5.91 Å². The highest BCUT2D eigenvalue weighted by molar-refractivity contribution is 5.94. The Morgan fingerprint density at radius 2 is 1.86 bits per heavy atom. The van der Waals surface area contributed by atoms with Crippen molar-refractivity contribution >= 4 is 17.5 Å². The molecule has 1 N–H and O–H groups in total. The van der Waals surface area contributed by atoms with Gasteiger partial charge in [0.05, 0.1) is 12.5 Å². The maximum Gasteiger partial charge on any atom is 0.251 e. The third kappa shape index (κ3) is 5.72. The smallest absolute Gasteiger partial charge is 0.251 e. The van der Waals surface area contributed by atoms with Gasteiger partial charge in [-0.15, -0.1) is 0 Å². The number of rotatable bonds is 8. The fraction of sp³-hybridized carbons (Fsp3) is 0.724. The fourth-order valence-corrected chi connectivity index (χ4v) is 6.91. The van der Waals surface area contributed by atoms with E-state index in [0.717, 1.165) is 83.5 Å². The third-order valence-corrected chi connectivity index (χ3v) is 9.08. The van der Waals surface area contributed by atoms with Crippen LogP contribution in [0, 0.1) is 11.3 Å². The number of amides is 2. The maximum absolute atomic E-state index is 13.0. The second kappa shape index (κ2) is 11.5. The molecule has 4 aliphatic rings. The molecule has 4 fully saturated rings. The van der Waals surface area contributed by atoms with Crippen LogP contribution in [0.3, 0.4) is 0 Å². The molecule has 1 aromatic carbocycles. The lowest BCUT2D eigenvalue weighted by atomic mass is 9.80. The van der Waals surface area contributed by atoms with E-state index in [1.807, 2.05) is 12.1 Å². The standard InChI is InChI=1S/C29H44N4O3/c1-2-13-31-14-16-32(17-15-31)25-10-8-23(9-11-25)28(35)30-21-29-12-5-6-24(29)20-33(22-29)27(34)19-26-7-3-4-18-36-26/h8-11,24,26H,2-7,12-22H2,1H3,(H,30,35)/t24-,26?,29-/m0/s1. The van der Waals surface area contributed by atoms with Gasteiger partial charge in [0, 0.05) is 69.1 Å². The van der Waals surface area contributed by atoms with Crippen LogP contribution in [0.5, 0.6) is 0 Å². The molecule has 198 valence electrons. The van der Waals surface area contributed by atoms with Crippen molar-refractivity contribution in [1.29, 1.82) is 0 Å². The van der Waals surface area contributed by atoms with Crippen molar-refractivity contribution in [3.63, 3.8) is 0 Å². The van der Waals surface area contributed by atoms with Gasteiger partial charge in [-0.2, -0.15) is 0 Å². The minimum atomic E-state index is -0.00489. The number of fused-ring (bicyclic) bond motifs is 1. The fourth-order valence-electron chi connectivity index (χ4n) is 6.91. The summed E-state index contributed by atoms with van der Waals surface area (Å²) < 4.78 is 5.81. The largest absolute Gasteiger partial charge is 0.378 e. The summed E-state index contributed by atoms with van der Waals surface area (Å²) in [6.45, 7) is 10.7. The molecule has 7 heteroatoms. The molecular formula is C29H44N4O3. The van der Waals surface area contributed by atoms with Gasteiger partial charge in [-0.1, -0.05) is 13.3 Å². The number of nitrogens with one attached hydrogen (secondary N) is 1. The highest BCUT2D eigenvalue weighted by Crippen LogP contribution is 2.48. The predicted octanol–water partition coefficient (Wildman–Crippen LogP) is 3.54. The topological polar surface area (TPSA) is 65.1 Å². The van der Waals surface area contributed by atoms with Gasteiger partial charge in [-0.05, 0) is 75.3 Å². The Hall–Kier alpha value is -2.12. The van der Waals surface area contributed by atoms with E-state index in [2.05, 4.69) is 39.1 Å². The van der Waals surface area contributed by atoms with E-state index in [1.165, 1.54) is 25.1 Å². The average molecular weight is 497 g/mol. The van der Waals surface area contributed by atoms with Crippen molar-refractivity contribution in [2.24, 2.45) is 11.3 Å². The van der Waals surface area contributed by atoms with E-state index in [-0.39, 0.29) is 23.3 Å². The van der Waals surface area contributed by atoms with Crippen molar-refractivity contribution in [2.45, 2.75) is 64.4 Å². The zero-order valence-corrected chi connectivity index (χ0v) is 22.1. The van der Waals surface area contributed by atoms with Crippen molar-refractivity contribution in [2.75, 3.05) is 63.9 Å². The van der Waals surface area contributed by atoms with Gasteiger partial charge in [-0.25, -0.2) is 0 Å². The molecule has 3 aliphatic heterocycles. The number of hydrogen-bond acceptors (Lipinski definition) is 5. The molecule has 1 aliphatic carbocycles. The van der Waals surface area contributed by atoms with Crippen LogP contribution >= 0.6 is 0 Å². The van der Waals surface area contributed by atoms with E-state index in [1.54, 1.807) is 0 Å². The van der Waals surface area contributed by atoms with E-state index >= 15 is 0 Å². The van der Waals surface area contributed by atoms with Crippen molar-refractivity contribution in [3.05, 3.63) is 29.8 Å². The molecule has 3 atom stereocenters. The number of hydrogen-bond donors (Lipinski definition) is 1. The van der Waals surface area contributed by atoms with Crippen LogP contribution in [-0.2, 0) is 9.53 Å². The number of carbonyl (C=O) groups excluding carboxylic acids is 2. The van der Waals surface area contributed by atoms with Crippen molar-refractivity contribution < 1.29 is 14.3 Å². The van der Waals surface area contributed by atoms with Crippen LogP contribution in [-0.4, -0.2) is 86.7 Å². The van der Waals surface area contributed by atoms with E-state index in [9.17, 15) is 9.59 Å². The second-order valence-corrected chi connectivity index (χ2v) is 11.5. The van der Waals surface area contributed by atoms with Crippen LogP contribution < -0.4 is 10.2 Å². The van der Waals surface area contributed by atoms with Crippen molar-refractivity contribution in [1.82, 2.24) is 15.1 Å². The second-order valence-electron chi connectivity index (χ2n) is 11.5. The van der Waals surface area contributed by atoms with Crippen LogP contribution in [0.2, 0.25) is 0 Å². The summed E-state index contributed by atoms with van der Waals surface area (Å²) in [6, 6.07) is 8.10. The first-order chi connectivity index (χ1) is 17.6. The number of ether oxygens (including phenoxy) is 1. The first-order valence-electron chi connectivity index (χ1n) is 14.3. The Bertz CT molecular complexity index is 892. The summed E-state index contributed by atoms with van der Waals surface area (Å²) in [7, 11) is 0. The number of piperazine rings is 1. The summed E-state index contributed by atoms with van der Waals surface area (Å²) >= 11 is 0. The monoisotopic (exact) mass is 496 g/mol. The van der Waals surface area contributed by atoms with E-state index in [0.29, 0.717) is 18.9 Å². The molecule has 1 unspecified atom stereocenters. The molecule has 0 bridgehead atoms. The van der Waals surface area contributed by atoms with Gasteiger partial charge >= 0.3 is 0 Å². The summed E-state index contributed by atoms with van der Waals surface area (Å²) in [6.07, 6.45) is 8.50. The summed E-state index contributed by atoms with van der Waals surface area (Å²) in [4.78, 5) is 33.0. The Morgan fingerprint density at radius 3 is 2.58 bits per heavy atom. The molecular weight excluding hydrogens is 452 g/mol. The van der Waals surface area contributed by atoms with E-state index < -0.39 is 0 Å². The zero-order valence-electron chi connectivity index (χ0n) is 22.1. The van der Waals surface area contributed by atoms with Crippen LogP contribution in [0.4, 0.5) is 5.69 Å². The molecule has 1 aromatic rings. The van der Waals surface area contributed by atoms with Gasteiger partial charge in [-0.3, -0.25) is 14.5 Å². The molecule has 36 heavy (non-hydrogen) atoms. The van der Waals surface area contributed by atoms with Gasteiger partial charge in [0.2, 0.25) is 5.91 Å². The molecule has 0 spiro atoms. The summed E-state index contributed by atoms with van der Waals surface area (Å²) in [5.41, 5.74) is 1.94. The van der Waals surface area contributed by atoms with Gasteiger partial charge in [0.1, 0.15) is 0 Å². The number of carbonyl (C=O) groups is 2. The Labute approximate surface area is 216 Å². The number of nitrogens with zero attached hydrogens (tertiary/aromatic N) is 3. The normalized spacial score (nSPS) is 28.8. The lowest BCUT2D eigenvalue weighted by Gasteiger charge is -2.36. The highest BCUT2D eigenvalue weighted by Gasteiger charge is 2.50. The third-order valence-electron chi connectivity index (χ3n) is 9.08. The molecule has 0 aromatic heterocycles. The highest BCUT2D eigenvalue weighted by atomic mass is 16.5. The average Bonchev–Trinajstić information content (AvgIpc) is 3.47. The van der Waals surface area contributed by atoms with Crippen LogP contribution in [0.25, 0.3) is 0 Å². The van der Waals surface area contributed by atoms with E-state index in [4.69, 9.17) is 4.74 Å². The molecule has 5 rings (SSSR count). The molecule has 1 saturated carbocycles. The number of likely N-dealkylation sites (tertiary alicyclic amines) is 1. The molecule has 2 amide bonds. The lowest BCUT2D eigenvalue weighted by Crippen LogP contribution is -2.46. The minimum Gasteiger partial charge on any atom is -0.378 e. The summed E-state index contributed by atoms with van der Waals surface area (Å²) in [5.74, 6) is 0.714. The molecule has 7 nitrogen and oxygen atoms in total. The van der Waals surface area contributed by atoms with Crippen molar-refractivity contribution in [3.8, 4) is 0 Å². The first-order valence-corrected chi connectivity index (χ1v) is 14.3. The maximum atomic E-state index is 13.0. The Kier molecular flexibility index (Phi) is 8.16. The SMILES string of the molecule is CCCN1CCN(c2ccc(C(=O)NC[C@]34CCC[C@H]3CN(C(=O)CC3CCCCO3)C4)cc2)CC1.